The van der Waals surface area contributed by atoms with Gasteiger partial charge in [0.25, 0.3) is 15.9 Å². The number of carbonyl (C=O) groups excluding carboxylic acids is 1. The molecule has 0 fully saturated rings. The molecule has 2 rings (SSSR count). The largest absolute Gasteiger partial charge is 0.490 e. The van der Waals surface area contributed by atoms with Gasteiger partial charge in [-0.15, -0.1) is 0 Å². The zero-order chi connectivity index (χ0) is 16.2. The quantitative estimate of drug-likeness (QED) is 0.869. The van der Waals surface area contributed by atoms with Crippen molar-refractivity contribution >= 4 is 15.9 Å². The van der Waals surface area contributed by atoms with E-state index in [1.54, 1.807) is 6.92 Å². The molecule has 0 spiro atoms. The molecule has 0 aliphatic carbocycles. The maximum Gasteiger partial charge on any atom is 0.264 e. The molecule has 0 bridgehead atoms. The van der Waals surface area contributed by atoms with Crippen LogP contribution in [0.15, 0.2) is 23.1 Å². The van der Waals surface area contributed by atoms with Crippen molar-refractivity contribution in [3.63, 3.8) is 0 Å². The van der Waals surface area contributed by atoms with E-state index in [0.29, 0.717) is 31.1 Å². The Labute approximate surface area is 129 Å². The zero-order valence-corrected chi connectivity index (χ0v) is 13.3. The lowest BCUT2D eigenvalue weighted by Gasteiger charge is -2.14. The highest BCUT2D eigenvalue weighted by atomic mass is 32.2. The Balaban J connectivity index is 2.22. The van der Waals surface area contributed by atoms with Crippen LogP contribution in [0.2, 0.25) is 0 Å². The summed E-state index contributed by atoms with van der Waals surface area (Å²) in [5.74, 6) is 0.148. The minimum Gasteiger partial charge on any atom is -0.490 e. The summed E-state index contributed by atoms with van der Waals surface area (Å²) in [7, 11) is -2.63. The molecule has 22 heavy (non-hydrogen) atoms. The first kappa shape index (κ1) is 16.6. The molecular formula is C14H19NO6S. The van der Waals surface area contributed by atoms with Crippen LogP contribution < -0.4 is 14.2 Å². The number of rotatable bonds is 5. The van der Waals surface area contributed by atoms with Gasteiger partial charge in [0.2, 0.25) is 0 Å². The molecule has 0 aromatic heterocycles. The molecule has 122 valence electrons. The molecule has 1 aliphatic rings. The average Bonchev–Trinajstić information content (AvgIpc) is 2.72. The van der Waals surface area contributed by atoms with Crippen molar-refractivity contribution in [3.8, 4) is 11.5 Å². The van der Waals surface area contributed by atoms with Crippen molar-refractivity contribution in [2.75, 3.05) is 20.3 Å². The summed E-state index contributed by atoms with van der Waals surface area (Å²) in [6.45, 7) is 2.69. The Bertz CT molecular complexity index is 639. The number of hydrogen-bond acceptors (Lipinski definition) is 6. The molecule has 1 amide bonds. The smallest absolute Gasteiger partial charge is 0.264 e. The summed E-state index contributed by atoms with van der Waals surface area (Å²) in [6, 6.07) is 4.24. The van der Waals surface area contributed by atoms with Crippen LogP contribution in [0.25, 0.3) is 0 Å². The standard InChI is InChI=1S/C14H19NO6S/c1-3-11(19-2)14(16)15-22(17,18)10-5-6-12-13(9-10)21-8-4-7-20-12/h5-6,9,11H,3-4,7-8H2,1-2H3,(H,15,16). The first-order valence-electron chi connectivity index (χ1n) is 6.97. The van der Waals surface area contributed by atoms with Crippen molar-refractivity contribution in [1.82, 2.24) is 4.72 Å². The fraction of sp³-hybridized carbons (Fsp3) is 0.500. The van der Waals surface area contributed by atoms with Crippen molar-refractivity contribution in [1.29, 1.82) is 0 Å². The Hall–Kier alpha value is -1.80. The molecule has 1 aromatic carbocycles. The molecule has 1 aromatic rings. The second kappa shape index (κ2) is 6.97. The maximum atomic E-state index is 12.3. The SMILES string of the molecule is CCC(OC)C(=O)NS(=O)(=O)c1ccc2c(c1)OCCCO2. The first-order chi connectivity index (χ1) is 10.5. The topological polar surface area (TPSA) is 90.9 Å². The summed E-state index contributed by atoms with van der Waals surface area (Å²) < 4.78 is 42.4. The van der Waals surface area contributed by atoms with E-state index in [0.717, 1.165) is 6.42 Å². The van der Waals surface area contributed by atoms with Gasteiger partial charge in [0.1, 0.15) is 6.10 Å². The fourth-order valence-corrected chi connectivity index (χ4v) is 3.05. The van der Waals surface area contributed by atoms with Gasteiger partial charge in [-0.25, -0.2) is 13.1 Å². The third-order valence-corrected chi connectivity index (χ3v) is 4.56. The monoisotopic (exact) mass is 329 g/mol. The number of nitrogens with one attached hydrogen (secondary N) is 1. The van der Waals surface area contributed by atoms with E-state index >= 15 is 0 Å². The average molecular weight is 329 g/mol. The Morgan fingerprint density at radius 1 is 1.32 bits per heavy atom. The van der Waals surface area contributed by atoms with Crippen LogP contribution in [0.5, 0.6) is 11.5 Å². The molecule has 0 radical (unpaired) electrons. The normalized spacial score (nSPS) is 15.7. The molecule has 0 saturated heterocycles. The maximum absolute atomic E-state index is 12.3. The number of hydrogen-bond donors (Lipinski definition) is 1. The van der Waals surface area contributed by atoms with Gasteiger partial charge in [-0.05, 0) is 18.6 Å². The Morgan fingerprint density at radius 2 is 2.00 bits per heavy atom. The van der Waals surface area contributed by atoms with Crippen LogP contribution >= 0.6 is 0 Å². The summed E-state index contributed by atoms with van der Waals surface area (Å²) in [6.07, 6.45) is 0.286. The van der Waals surface area contributed by atoms with Crippen LogP contribution in [0.3, 0.4) is 0 Å². The van der Waals surface area contributed by atoms with Gasteiger partial charge >= 0.3 is 0 Å². The fourth-order valence-electron chi connectivity index (χ4n) is 2.03. The van der Waals surface area contributed by atoms with Gasteiger partial charge in [-0.2, -0.15) is 0 Å². The minimum absolute atomic E-state index is 0.0592. The predicted molar refractivity (Wildman–Crippen MR) is 78.5 cm³/mol. The summed E-state index contributed by atoms with van der Waals surface area (Å²) in [5, 5.41) is 0. The highest BCUT2D eigenvalue weighted by Gasteiger charge is 2.24. The lowest BCUT2D eigenvalue weighted by molar-refractivity contribution is -0.129. The van der Waals surface area contributed by atoms with E-state index in [1.165, 1.54) is 25.3 Å². The van der Waals surface area contributed by atoms with Gasteiger partial charge < -0.3 is 14.2 Å². The summed E-state index contributed by atoms with van der Waals surface area (Å²) in [4.78, 5) is 11.8. The second-order valence-corrected chi connectivity index (χ2v) is 6.44. The zero-order valence-electron chi connectivity index (χ0n) is 12.5. The van der Waals surface area contributed by atoms with E-state index < -0.39 is 22.0 Å². The Morgan fingerprint density at radius 3 is 2.64 bits per heavy atom. The van der Waals surface area contributed by atoms with Crippen LogP contribution in [-0.2, 0) is 19.6 Å². The van der Waals surface area contributed by atoms with Crippen molar-refractivity contribution in [3.05, 3.63) is 18.2 Å². The molecule has 1 aliphatic heterocycles. The number of amides is 1. The van der Waals surface area contributed by atoms with Gasteiger partial charge in [-0.1, -0.05) is 6.92 Å². The van der Waals surface area contributed by atoms with E-state index in [4.69, 9.17) is 14.2 Å². The number of methoxy groups -OCH3 is 1. The van der Waals surface area contributed by atoms with E-state index in [2.05, 4.69) is 0 Å². The molecule has 1 atom stereocenters. The summed E-state index contributed by atoms with van der Waals surface area (Å²) in [5.41, 5.74) is 0. The predicted octanol–water partition coefficient (Wildman–Crippen LogP) is 1.08. The van der Waals surface area contributed by atoms with Gasteiger partial charge in [-0.3, -0.25) is 4.79 Å². The van der Waals surface area contributed by atoms with E-state index in [1.807, 2.05) is 4.72 Å². The Kier molecular flexibility index (Phi) is 5.25. The molecule has 8 heteroatoms. The second-order valence-electron chi connectivity index (χ2n) is 4.76. The molecule has 7 nitrogen and oxygen atoms in total. The number of benzene rings is 1. The lowest BCUT2D eigenvalue weighted by atomic mass is 10.3. The highest BCUT2D eigenvalue weighted by Crippen LogP contribution is 2.31. The van der Waals surface area contributed by atoms with E-state index in [9.17, 15) is 13.2 Å². The van der Waals surface area contributed by atoms with Crippen LogP contribution in [0.4, 0.5) is 0 Å². The van der Waals surface area contributed by atoms with E-state index in [-0.39, 0.29) is 4.90 Å². The van der Waals surface area contributed by atoms with Gasteiger partial charge in [0, 0.05) is 19.6 Å². The van der Waals surface area contributed by atoms with Crippen molar-refractivity contribution in [2.24, 2.45) is 0 Å². The summed E-state index contributed by atoms with van der Waals surface area (Å²) >= 11 is 0. The van der Waals surface area contributed by atoms with Crippen LogP contribution in [-0.4, -0.2) is 40.8 Å². The lowest BCUT2D eigenvalue weighted by Crippen LogP contribution is -2.39. The number of ether oxygens (including phenoxy) is 3. The first-order valence-corrected chi connectivity index (χ1v) is 8.45. The molecule has 1 heterocycles. The molecular weight excluding hydrogens is 310 g/mol. The van der Waals surface area contributed by atoms with Gasteiger partial charge in [0.05, 0.1) is 18.1 Å². The molecule has 1 unspecified atom stereocenters. The molecule has 1 N–H and O–H groups in total. The minimum atomic E-state index is -3.99. The molecule has 0 saturated carbocycles. The van der Waals surface area contributed by atoms with Crippen LogP contribution in [0.1, 0.15) is 19.8 Å². The number of carbonyl (C=O) groups is 1. The third kappa shape index (κ3) is 3.69. The van der Waals surface area contributed by atoms with Gasteiger partial charge in [0.15, 0.2) is 11.5 Å². The number of fused-ring (bicyclic) bond motifs is 1. The highest BCUT2D eigenvalue weighted by molar-refractivity contribution is 7.90. The van der Waals surface area contributed by atoms with Crippen molar-refractivity contribution in [2.45, 2.75) is 30.8 Å². The van der Waals surface area contributed by atoms with Crippen LogP contribution in [0, 0.1) is 0 Å². The third-order valence-electron chi connectivity index (χ3n) is 3.21. The van der Waals surface area contributed by atoms with Crippen molar-refractivity contribution < 1.29 is 27.4 Å². The number of sulfonamides is 1.